The average molecular weight is 412 g/mol. The highest BCUT2D eigenvalue weighted by Crippen LogP contribution is 2.17. The molecule has 0 spiro atoms. The van der Waals surface area contributed by atoms with Crippen LogP contribution in [0, 0.1) is 5.92 Å². The summed E-state index contributed by atoms with van der Waals surface area (Å²) in [6.45, 7) is 10.3. The number of nitrogen functional groups attached to an aromatic ring is 1. The number of thioether (sulfide) groups is 1. The molecule has 1 aromatic heterocycles. The Bertz CT molecular complexity index is 673. The first-order valence-corrected chi connectivity index (χ1v) is 10.4. The first-order chi connectivity index (χ1) is 13.4. The lowest BCUT2D eigenvalue weighted by atomic mass is 10.2. The van der Waals surface area contributed by atoms with Crippen molar-refractivity contribution in [3.63, 3.8) is 0 Å². The fourth-order valence-electron chi connectivity index (χ4n) is 2.81. The number of morpholine rings is 1. The Morgan fingerprint density at radius 2 is 2.29 bits per heavy atom. The zero-order valence-corrected chi connectivity index (χ0v) is 17.5. The summed E-state index contributed by atoms with van der Waals surface area (Å²) in [6.07, 6.45) is 1.32. The quantitative estimate of drug-likeness (QED) is 0.345. The predicted molar refractivity (Wildman–Crippen MR) is 107 cm³/mol. The largest absolute Gasteiger partial charge is 0.462 e. The molecule has 0 saturated carbocycles. The lowest BCUT2D eigenvalue weighted by Gasteiger charge is -2.33. The maximum Gasteiger partial charge on any atom is 0.343 e. The summed E-state index contributed by atoms with van der Waals surface area (Å²) in [5, 5.41) is 3.22. The molecule has 0 aliphatic carbocycles. The van der Waals surface area contributed by atoms with Crippen LogP contribution >= 0.6 is 11.8 Å². The Morgan fingerprint density at radius 1 is 1.50 bits per heavy atom. The van der Waals surface area contributed by atoms with E-state index < -0.39 is 5.97 Å². The van der Waals surface area contributed by atoms with Gasteiger partial charge in [-0.2, -0.15) is 0 Å². The van der Waals surface area contributed by atoms with Crippen molar-refractivity contribution in [2.75, 3.05) is 50.9 Å². The van der Waals surface area contributed by atoms with Crippen molar-refractivity contribution in [3.05, 3.63) is 11.8 Å². The summed E-state index contributed by atoms with van der Waals surface area (Å²) in [4.78, 5) is 34.3. The number of anilines is 1. The Hall–Kier alpha value is -1.91. The molecule has 3 N–H and O–H groups in total. The van der Waals surface area contributed by atoms with Crippen molar-refractivity contribution >= 4 is 29.5 Å². The lowest BCUT2D eigenvalue weighted by Crippen LogP contribution is -2.48. The van der Waals surface area contributed by atoms with Crippen LogP contribution in [0.25, 0.3) is 0 Å². The second kappa shape index (κ2) is 11.2. The number of aromatic nitrogens is 2. The van der Waals surface area contributed by atoms with Gasteiger partial charge in [-0.25, -0.2) is 14.8 Å². The SMILES string of the molecule is CCOC(=O)c1cnc(SCC(=O)NC[C@@H]2CN(CC(C)C)CCO2)nc1N. The van der Waals surface area contributed by atoms with Gasteiger partial charge in [-0.3, -0.25) is 9.69 Å². The van der Waals surface area contributed by atoms with Crippen molar-refractivity contribution in [2.45, 2.75) is 32.0 Å². The molecule has 0 radical (unpaired) electrons. The molecule has 1 fully saturated rings. The van der Waals surface area contributed by atoms with E-state index in [1.807, 2.05) is 0 Å². The van der Waals surface area contributed by atoms with E-state index in [-0.39, 0.29) is 35.8 Å². The van der Waals surface area contributed by atoms with Gasteiger partial charge in [-0.1, -0.05) is 25.6 Å². The minimum Gasteiger partial charge on any atom is -0.462 e. The van der Waals surface area contributed by atoms with E-state index in [2.05, 4.69) is 34.0 Å². The van der Waals surface area contributed by atoms with Crippen molar-refractivity contribution in [1.29, 1.82) is 0 Å². The molecule has 0 bridgehead atoms. The number of hydrogen-bond donors (Lipinski definition) is 2. The second-order valence-corrected chi connectivity index (χ2v) is 7.85. The fourth-order valence-corrected chi connectivity index (χ4v) is 3.46. The number of nitrogens with two attached hydrogens (primary N) is 1. The van der Waals surface area contributed by atoms with Gasteiger partial charge in [0, 0.05) is 32.4 Å². The summed E-state index contributed by atoms with van der Waals surface area (Å²) < 4.78 is 10.6. The highest BCUT2D eigenvalue weighted by atomic mass is 32.2. The zero-order chi connectivity index (χ0) is 20.5. The highest BCUT2D eigenvalue weighted by molar-refractivity contribution is 7.99. The number of carbonyl (C=O) groups is 2. The summed E-state index contributed by atoms with van der Waals surface area (Å²) in [5.74, 6) is 0.102. The van der Waals surface area contributed by atoms with Crippen LogP contribution in [0.1, 0.15) is 31.1 Å². The number of amides is 1. The lowest BCUT2D eigenvalue weighted by molar-refractivity contribution is -0.119. The standard InChI is InChI=1S/C18H29N5O4S/c1-4-26-17(25)14-8-21-18(22-16(14)19)28-11-15(24)20-7-13-10-23(5-6-27-13)9-12(2)3/h8,12-13H,4-7,9-11H2,1-3H3,(H,20,24)(H2,19,21,22)/t13-/m1/s1. The first kappa shape index (κ1) is 22.4. The van der Waals surface area contributed by atoms with E-state index in [0.29, 0.717) is 24.2 Å². The summed E-state index contributed by atoms with van der Waals surface area (Å²) in [6, 6.07) is 0. The van der Waals surface area contributed by atoms with Gasteiger partial charge < -0.3 is 20.5 Å². The van der Waals surface area contributed by atoms with E-state index in [4.69, 9.17) is 15.2 Å². The monoisotopic (exact) mass is 411 g/mol. The molecule has 1 atom stereocenters. The molecule has 2 rings (SSSR count). The number of carbonyl (C=O) groups excluding carboxylic acids is 2. The topological polar surface area (TPSA) is 120 Å². The molecule has 156 valence electrons. The molecule has 2 heterocycles. The summed E-state index contributed by atoms with van der Waals surface area (Å²) >= 11 is 1.15. The fraction of sp³-hybridized carbons (Fsp3) is 0.667. The number of rotatable bonds is 9. The molecule has 1 aromatic rings. The van der Waals surface area contributed by atoms with E-state index in [1.165, 1.54) is 6.20 Å². The highest BCUT2D eigenvalue weighted by Gasteiger charge is 2.21. The molecule has 0 aromatic carbocycles. The van der Waals surface area contributed by atoms with Crippen LogP contribution in [0.15, 0.2) is 11.4 Å². The van der Waals surface area contributed by atoms with Crippen molar-refractivity contribution in [3.8, 4) is 0 Å². The number of esters is 1. The van der Waals surface area contributed by atoms with Gasteiger partial charge in [-0.15, -0.1) is 0 Å². The predicted octanol–water partition coefficient (Wildman–Crippen LogP) is 0.801. The van der Waals surface area contributed by atoms with E-state index in [1.54, 1.807) is 6.92 Å². The van der Waals surface area contributed by atoms with Crippen LogP contribution in [0.2, 0.25) is 0 Å². The molecule has 9 nitrogen and oxygen atoms in total. The number of hydrogen-bond acceptors (Lipinski definition) is 9. The summed E-state index contributed by atoms with van der Waals surface area (Å²) in [5.41, 5.74) is 5.90. The molecule has 1 saturated heterocycles. The van der Waals surface area contributed by atoms with E-state index in [9.17, 15) is 9.59 Å². The Balaban J connectivity index is 1.75. The van der Waals surface area contributed by atoms with E-state index in [0.717, 1.165) is 31.4 Å². The molecule has 28 heavy (non-hydrogen) atoms. The van der Waals surface area contributed by atoms with Crippen LogP contribution < -0.4 is 11.1 Å². The Kier molecular flexibility index (Phi) is 8.94. The Morgan fingerprint density at radius 3 is 2.96 bits per heavy atom. The van der Waals surface area contributed by atoms with Gasteiger partial charge in [0.1, 0.15) is 11.4 Å². The maximum atomic E-state index is 12.1. The number of ether oxygens (including phenoxy) is 2. The average Bonchev–Trinajstić information content (AvgIpc) is 2.64. The molecule has 1 aliphatic rings. The van der Waals surface area contributed by atoms with Gasteiger partial charge in [0.05, 0.1) is 25.1 Å². The van der Waals surface area contributed by atoms with Gasteiger partial charge in [0.25, 0.3) is 0 Å². The molecule has 1 amide bonds. The molecule has 0 unspecified atom stereocenters. The van der Waals surface area contributed by atoms with Crippen molar-refractivity contribution in [1.82, 2.24) is 20.2 Å². The zero-order valence-electron chi connectivity index (χ0n) is 16.6. The number of nitrogens with zero attached hydrogens (tertiary/aromatic N) is 3. The minimum absolute atomic E-state index is 0.00259. The van der Waals surface area contributed by atoms with Crippen LogP contribution in [-0.4, -0.2) is 78.0 Å². The molecular formula is C18H29N5O4S. The van der Waals surface area contributed by atoms with Gasteiger partial charge in [0.15, 0.2) is 5.16 Å². The molecule has 1 aliphatic heterocycles. The van der Waals surface area contributed by atoms with Gasteiger partial charge >= 0.3 is 5.97 Å². The van der Waals surface area contributed by atoms with E-state index >= 15 is 0 Å². The first-order valence-electron chi connectivity index (χ1n) is 9.42. The van der Waals surface area contributed by atoms with Crippen molar-refractivity contribution in [2.24, 2.45) is 5.92 Å². The van der Waals surface area contributed by atoms with Crippen LogP contribution in [0.3, 0.4) is 0 Å². The summed E-state index contributed by atoms with van der Waals surface area (Å²) in [7, 11) is 0. The van der Waals surface area contributed by atoms with Crippen LogP contribution in [0.4, 0.5) is 5.82 Å². The van der Waals surface area contributed by atoms with Crippen LogP contribution in [0.5, 0.6) is 0 Å². The van der Waals surface area contributed by atoms with Crippen molar-refractivity contribution < 1.29 is 19.1 Å². The maximum absolute atomic E-state index is 12.1. The molecule has 10 heteroatoms. The molecular weight excluding hydrogens is 382 g/mol. The number of nitrogens with one attached hydrogen (secondary N) is 1. The minimum atomic E-state index is -0.562. The third kappa shape index (κ3) is 7.25. The second-order valence-electron chi connectivity index (χ2n) is 6.91. The third-order valence-electron chi connectivity index (χ3n) is 4.00. The van der Waals surface area contributed by atoms with Gasteiger partial charge in [0.2, 0.25) is 5.91 Å². The van der Waals surface area contributed by atoms with Crippen LogP contribution in [-0.2, 0) is 14.3 Å². The van der Waals surface area contributed by atoms with Gasteiger partial charge in [-0.05, 0) is 12.8 Å². The normalized spacial score (nSPS) is 17.5. The Labute approximate surface area is 169 Å². The third-order valence-corrected chi connectivity index (χ3v) is 4.86. The smallest absolute Gasteiger partial charge is 0.343 e.